The third-order valence-electron chi connectivity index (χ3n) is 4.13. The number of aromatic amines is 1. The Balaban J connectivity index is 2.07. The fourth-order valence-corrected chi connectivity index (χ4v) is 3.50. The average Bonchev–Trinajstić information content (AvgIpc) is 2.53. The van der Waals surface area contributed by atoms with E-state index in [9.17, 15) is 9.59 Å². The number of likely N-dealkylation sites (tertiary alicyclic amines) is 1. The maximum atomic E-state index is 12.4. The Bertz CT molecular complexity index is 659. The van der Waals surface area contributed by atoms with E-state index in [2.05, 4.69) is 4.98 Å². The fraction of sp³-hybridized carbons (Fsp3) is 0.533. The number of halogens is 3. The van der Waals surface area contributed by atoms with Gasteiger partial charge >= 0.3 is 11.7 Å². The molecule has 0 spiro atoms. The van der Waals surface area contributed by atoms with Crippen molar-refractivity contribution in [2.75, 3.05) is 12.3 Å². The Morgan fingerprint density at radius 1 is 1.21 bits per heavy atom. The number of piperidine rings is 1. The molecule has 1 aromatic heterocycles. The first-order valence-electron chi connectivity index (χ1n) is 7.57. The summed E-state index contributed by atoms with van der Waals surface area (Å²) >= 11 is 17.7. The molecule has 3 N–H and O–H groups in total. The second-order valence-corrected chi connectivity index (χ2v) is 7.00. The van der Waals surface area contributed by atoms with Crippen molar-refractivity contribution < 1.29 is 19.3 Å². The highest BCUT2D eigenvalue weighted by Crippen LogP contribution is 2.32. The van der Waals surface area contributed by atoms with Gasteiger partial charge in [0.05, 0.1) is 5.69 Å². The van der Waals surface area contributed by atoms with Gasteiger partial charge in [0.15, 0.2) is 6.61 Å². The Kier molecular flexibility index (Phi) is 6.17. The topological polar surface area (TPSA) is 86.8 Å². The van der Waals surface area contributed by atoms with Gasteiger partial charge in [-0.2, -0.15) is 4.98 Å². The summed E-state index contributed by atoms with van der Waals surface area (Å²) in [6, 6.07) is 0.242. The van der Waals surface area contributed by atoms with E-state index in [-0.39, 0.29) is 51.2 Å². The van der Waals surface area contributed by atoms with Crippen LogP contribution in [0.2, 0.25) is 15.2 Å². The molecule has 1 aliphatic heterocycles. The van der Waals surface area contributed by atoms with Crippen LogP contribution in [0.3, 0.4) is 0 Å². The molecule has 2 atom stereocenters. The number of aromatic nitrogens is 1. The number of nitrogens with two attached hydrogens (primary N) is 1. The zero-order valence-electron chi connectivity index (χ0n) is 13.4. The van der Waals surface area contributed by atoms with Gasteiger partial charge in [-0.05, 0) is 44.7 Å². The molecule has 2 rings (SSSR count). The molecule has 1 aliphatic rings. The summed E-state index contributed by atoms with van der Waals surface area (Å²) in [6.45, 7) is 3.59. The lowest BCUT2D eigenvalue weighted by atomic mass is 9.97. The molecule has 1 aromatic rings. The average molecular weight is 396 g/mol. The number of nitrogen functional groups attached to an aromatic ring is 1. The van der Waals surface area contributed by atoms with E-state index in [0.717, 1.165) is 19.3 Å². The van der Waals surface area contributed by atoms with Gasteiger partial charge in [-0.25, -0.2) is 4.79 Å². The predicted octanol–water partition coefficient (Wildman–Crippen LogP) is 2.99. The van der Waals surface area contributed by atoms with Crippen LogP contribution in [-0.2, 0) is 9.53 Å². The summed E-state index contributed by atoms with van der Waals surface area (Å²) in [5, 5.41) is -0.109. The lowest BCUT2D eigenvalue weighted by Gasteiger charge is -2.38. The number of nitrogens with one attached hydrogen (secondary N) is 1. The summed E-state index contributed by atoms with van der Waals surface area (Å²) < 4.78 is 5.07. The first-order valence-corrected chi connectivity index (χ1v) is 8.71. The molecular formula is C15H19Cl3N3O3+. The second kappa shape index (κ2) is 7.76. The van der Waals surface area contributed by atoms with E-state index in [1.165, 1.54) is 0 Å². The molecule has 24 heavy (non-hydrogen) atoms. The van der Waals surface area contributed by atoms with Crippen molar-refractivity contribution in [3.63, 3.8) is 0 Å². The van der Waals surface area contributed by atoms with E-state index in [0.29, 0.717) is 0 Å². The van der Waals surface area contributed by atoms with Crippen LogP contribution < -0.4 is 10.7 Å². The maximum absolute atomic E-state index is 12.4. The highest BCUT2D eigenvalue weighted by Gasteiger charge is 2.31. The molecule has 0 radical (unpaired) electrons. The highest BCUT2D eigenvalue weighted by atomic mass is 35.5. The third kappa shape index (κ3) is 3.87. The number of H-pyrrole nitrogens is 1. The van der Waals surface area contributed by atoms with Crippen molar-refractivity contribution in [1.82, 2.24) is 4.90 Å². The standard InChI is InChI=1S/C15H18Cl3N3O3/c1-7-4-3-5-8(2)21(7)9(22)6-24-15(23)13-10(16)12(19)11(17)14(18)20-13/h7-8H,3-6H2,1-2H3,(H2,19,20)/p+1/t7-,8+. The summed E-state index contributed by atoms with van der Waals surface area (Å²) in [4.78, 5) is 28.8. The smallest absolute Gasteiger partial charge is 0.405 e. The highest BCUT2D eigenvalue weighted by molar-refractivity contribution is 6.45. The quantitative estimate of drug-likeness (QED) is 0.629. The number of esters is 1. The second-order valence-electron chi connectivity index (χ2n) is 5.86. The Hall–Kier alpha value is -1.24. The van der Waals surface area contributed by atoms with Crippen molar-refractivity contribution in [1.29, 1.82) is 0 Å². The number of ether oxygens (including phenoxy) is 1. The molecule has 132 valence electrons. The third-order valence-corrected chi connectivity index (χ3v) is 5.30. The largest absolute Gasteiger partial charge is 0.448 e. The minimum atomic E-state index is -0.823. The number of amides is 1. The minimum absolute atomic E-state index is 0.0188. The number of rotatable bonds is 3. The van der Waals surface area contributed by atoms with Crippen molar-refractivity contribution in [3.8, 4) is 0 Å². The van der Waals surface area contributed by atoms with Crippen LogP contribution in [0.5, 0.6) is 0 Å². The molecule has 0 saturated carbocycles. The van der Waals surface area contributed by atoms with E-state index in [1.54, 1.807) is 4.90 Å². The molecule has 0 aliphatic carbocycles. The molecule has 1 amide bonds. The number of carbonyl (C=O) groups is 2. The molecule has 0 unspecified atom stereocenters. The first-order chi connectivity index (χ1) is 11.2. The number of pyridine rings is 1. The Labute approximate surface area is 155 Å². The van der Waals surface area contributed by atoms with E-state index in [4.69, 9.17) is 45.3 Å². The van der Waals surface area contributed by atoms with E-state index in [1.807, 2.05) is 13.8 Å². The summed E-state index contributed by atoms with van der Waals surface area (Å²) in [5.74, 6) is -1.07. The normalized spacial score (nSPS) is 20.8. The van der Waals surface area contributed by atoms with Gasteiger partial charge in [0.2, 0.25) is 0 Å². The van der Waals surface area contributed by atoms with Gasteiger partial charge in [-0.3, -0.25) is 4.79 Å². The molecule has 6 nitrogen and oxygen atoms in total. The predicted molar refractivity (Wildman–Crippen MR) is 92.3 cm³/mol. The van der Waals surface area contributed by atoms with Crippen LogP contribution in [0.15, 0.2) is 0 Å². The maximum Gasteiger partial charge on any atom is 0.405 e. The molecule has 9 heteroatoms. The van der Waals surface area contributed by atoms with Gasteiger partial charge in [-0.15, -0.1) is 0 Å². The van der Waals surface area contributed by atoms with Gasteiger partial charge in [0.1, 0.15) is 10.0 Å². The van der Waals surface area contributed by atoms with Crippen molar-refractivity contribution in [2.24, 2.45) is 0 Å². The van der Waals surface area contributed by atoms with Crippen molar-refractivity contribution in [2.45, 2.75) is 45.2 Å². The lowest BCUT2D eigenvalue weighted by molar-refractivity contribution is -0.380. The molecule has 0 bridgehead atoms. The number of nitrogens with zero attached hydrogens (tertiary/aromatic N) is 1. The number of hydrogen-bond donors (Lipinski definition) is 1. The fourth-order valence-electron chi connectivity index (χ4n) is 2.90. The zero-order chi connectivity index (χ0) is 18.0. The van der Waals surface area contributed by atoms with Gasteiger partial charge in [0, 0.05) is 12.1 Å². The monoisotopic (exact) mass is 394 g/mol. The van der Waals surface area contributed by atoms with Crippen LogP contribution in [0, 0.1) is 0 Å². The first kappa shape index (κ1) is 19.1. The van der Waals surface area contributed by atoms with Crippen LogP contribution in [0.4, 0.5) is 5.69 Å². The van der Waals surface area contributed by atoms with Crippen LogP contribution in [0.25, 0.3) is 0 Å². The molecule has 1 saturated heterocycles. The minimum Gasteiger partial charge on any atom is -0.448 e. The van der Waals surface area contributed by atoms with Gasteiger partial charge in [0.25, 0.3) is 11.1 Å². The van der Waals surface area contributed by atoms with E-state index >= 15 is 0 Å². The summed E-state index contributed by atoms with van der Waals surface area (Å²) in [7, 11) is 0. The Morgan fingerprint density at radius 3 is 2.38 bits per heavy atom. The van der Waals surface area contributed by atoms with Crippen molar-refractivity contribution >= 4 is 52.4 Å². The molecule has 1 fully saturated rings. The number of anilines is 1. The number of carbonyl (C=O) groups excluding carboxylic acids is 2. The zero-order valence-corrected chi connectivity index (χ0v) is 15.6. The van der Waals surface area contributed by atoms with Crippen molar-refractivity contribution in [3.05, 3.63) is 20.9 Å². The number of hydrogen-bond acceptors (Lipinski definition) is 4. The summed E-state index contributed by atoms with van der Waals surface area (Å²) in [5.41, 5.74) is 5.51. The molecular weight excluding hydrogens is 377 g/mol. The summed E-state index contributed by atoms with van der Waals surface area (Å²) in [6.07, 6.45) is 2.96. The van der Waals surface area contributed by atoms with Crippen LogP contribution in [0.1, 0.15) is 43.6 Å². The van der Waals surface area contributed by atoms with Crippen LogP contribution in [-0.4, -0.2) is 35.5 Å². The SMILES string of the molecule is C[C@@H]1CCC[C@H](C)N1C(=O)COC(=O)c1[nH+]c(Cl)c(Cl)c(N)c1Cl. The van der Waals surface area contributed by atoms with Crippen LogP contribution >= 0.6 is 34.8 Å². The molecule has 2 heterocycles. The lowest BCUT2D eigenvalue weighted by Crippen LogP contribution is -2.49. The van der Waals surface area contributed by atoms with E-state index < -0.39 is 5.97 Å². The molecule has 0 aromatic carbocycles. The van der Waals surface area contributed by atoms with Gasteiger partial charge in [-0.1, -0.05) is 23.2 Å². The van der Waals surface area contributed by atoms with Gasteiger partial charge < -0.3 is 15.4 Å². The Morgan fingerprint density at radius 2 is 1.79 bits per heavy atom.